The smallest absolute Gasteiger partial charge is 0.416 e. The number of hydrogen-bond donors (Lipinski definition) is 8. The first-order valence-electron chi connectivity index (χ1n) is 37.7. The van der Waals surface area contributed by atoms with Gasteiger partial charge in [-0.25, -0.2) is 19.2 Å². The maximum absolute atomic E-state index is 13.3. The minimum Gasteiger partial charge on any atom is -0.506 e. The highest BCUT2D eigenvalue weighted by Crippen LogP contribution is 2.41. The molecule has 5 aromatic carbocycles. The lowest BCUT2D eigenvalue weighted by Gasteiger charge is -2.31. The quantitative estimate of drug-likeness (QED) is 0.00779. The van der Waals surface area contributed by atoms with E-state index in [0.29, 0.717) is 30.1 Å². The van der Waals surface area contributed by atoms with Crippen LogP contribution in [0.1, 0.15) is 239 Å². The van der Waals surface area contributed by atoms with E-state index >= 15 is 0 Å². The van der Waals surface area contributed by atoms with Gasteiger partial charge in [0.15, 0.2) is 11.9 Å². The van der Waals surface area contributed by atoms with Gasteiger partial charge in [-0.05, 0) is 135 Å². The Morgan fingerprint density at radius 2 is 0.991 bits per heavy atom. The number of halogens is 1. The van der Waals surface area contributed by atoms with Gasteiger partial charge in [0.05, 0.1) is 49.5 Å². The molecule has 0 fully saturated rings. The number of aromatic hydroxyl groups is 3. The van der Waals surface area contributed by atoms with Gasteiger partial charge in [0.2, 0.25) is 0 Å². The van der Waals surface area contributed by atoms with Crippen LogP contribution in [0.15, 0.2) is 84.9 Å². The van der Waals surface area contributed by atoms with E-state index in [-0.39, 0.29) is 75.1 Å². The van der Waals surface area contributed by atoms with Gasteiger partial charge in [-0.2, -0.15) is 0 Å². The monoisotopic (exact) mass is 1500 g/mol. The Morgan fingerprint density at radius 3 is 1.49 bits per heavy atom. The highest BCUT2D eigenvalue weighted by Gasteiger charge is 2.30. The summed E-state index contributed by atoms with van der Waals surface area (Å²) >= 11 is 6.09. The molecule has 0 saturated heterocycles. The number of amides is 6. The summed E-state index contributed by atoms with van der Waals surface area (Å²) in [6, 6.07) is 22.6. The van der Waals surface area contributed by atoms with Crippen LogP contribution in [-0.4, -0.2) is 116 Å². The van der Waals surface area contributed by atoms with Crippen molar-refractivity contribution in [1.82, 2.24) is 10.2 Å². The van der Waals surface area contributed by atoms with Crippen molar-refractivity contribution in [2.45, 2.75) is 248 Å². The molecule has 0 saturated carbocycles. The molecular weight excluding hydrogens is 1380 g/mol. The van der Waals surface area contributed by atoms with Crippen LogP contribution in [0.2, 0.25) is 5.02 Å². The number of esters is 2. The van der Waals surface area contributed by atoms with Gasteiger partial charge in [0, 0.05) is 36.0 Å². The Morgan fingerprint density at radius 1 is 0.509 bits per heavy atom. The van der Waals surface area contributed by atoms with E-state index in [1.807, 2.05) is 26.8 Å². The highest BCUT2D eigenvalue weighted by atomic mass is 35.5. The SMILES string of the molecule is CCC(Oc1ccc(C(C)(C)CC)cc1C(C)(C)CC)C(=O)Nc1ccc(Oc2cc(Cl)c(O)c(NC(=O)OC)c2)cc1.CCCCCCCCCCCCOC(=O)CN(CC(=O)OCCCCCCCCCCCC)C(=O)Oc1ccc(O)c(NC(=O)NCC)c1.COC(=O)Nc1cc(C)c(C)cc1O. The van der Waals surface area contributed by atoms with Crippen molar-refractivity contribution in [3.8, 4) is 40.2 Å². The third-order valence-electron chi connectivity index (χ3n) is 18.2. The number of nitrogens with one attached hydrogen (secondary N) is 5. The molecule has 0 heterocycles. The van der Waals surface area contributed by atoms with Crippen molar-refractivity contribution in [3.05, 3.63) is 112 Å². The zero-order valence-electron chi connectivity index (χ0n) is 65.3. The molecule has 0 aromatic heterocycles. The fraction of sp³-hybridized carbons (Fsp3) is 0.549. The summed E-state index contributed by atoms with van der Waals surface area (Å²) in [5, 5.41) is 42.5. The fourth-order valence-corrected chi connectivity index (χ4v) is 10.9. The first-order chi connectivity index (χ1) is 50.6. The lowest BCUT2D eigenvalue weighted by atomic mass is 9.76. The maximum Gasteiger partial charge on any atom is 0.416 e. The molecule has 24 heteroatoms. The van der Waals surface area contributed by atoms with Gasteiger partial charge in [-0.3, -0.25) is 29.9 Å². The molecule has 106 heavy (non-hydrogen) atoms. The van der Waals surface area contributed by atoms with Crippen LogP contribution in [-0.2, 0) is 44.2 Å². The largest absolute Gasteiger partial charge is 0.506 e. The number of carbonyl (C=O) groups excluding carboxylic acids is 7. The fourth-order valence-electron chi connectivity index (χ4n) is 10.7. The van der Waals surface area contributed by atoms with Gasteiger partial charge in [-0.1, -0.05) is 202 Å². The number of aryl methyl sites for hydroxylation is 2. The number of urea groups is 1. The van der Waals surface area contributed by atoms with E-state index in [0.717, 1.165) is 78.7 Å². The summed E-state index contributed by atoms with van der Waals surface area (Å²) in [6.45, 7) is 25.0. The predicted octanol–water partition coefficient (Wildman–Crippen LogP) is 20.6. The number of hydrogen-bond acceptors (Lipinski definition) is 17. The molecule has 0 bridgehead atoms. The molecule has 0 aliphatic rings. The molecule has 0 aliphatic carbocycles. The van der Waals surface area contributed by atoms with E-state index in [9.17, 15) is 48.9 Å². The molecule has 0 radical (unpaired) electrons. The molecule has 23 nitrogen and oxygen atoms in total. The summed E-state index contributed by atoms with van der Waals surface area (Å²) in [6.07, 6.45) is 22.5. The Balaban J connectivity index is 0.000000466. The second-order valence-electron chi connectivity index (χ2n) is 27.5. The van der Waals surface area contributed by atoms with Gasteiger partial charge in [0.1, 0.15) is 47.6 Å². The van der Waals surface area contributed by atoms with E-state index < -0.39 is 55.4 Å². The number of phenols is 3. The van der Waals surface area contributed by atoms with Crippen molar-refractivity contribution in [1.29, 1.82) is 0 Å². The van der Waals surface area contributed by atoms with Crippen LogP contribution >= 0.6 is 11.6 Å². The van der Waals surface area contributed by atoms with Crippen LogP contribution < -0.4 is 40.8 Å². The Hall–Kier alpha value is -9.12. The van der Waals surface area contributed by atoms with Gasteiger partial charge in [-0.15, -0.1) is 0 Å². The Bertz CT molecular complexity index is 3470. The zero-order valence-corrected chi connectivity index (χ0v) is 66.1. The number of methoxy groups -OCH3 is 2. The summed E-state index contributed by atoms with van der Waals surface area (Å²) in [5.41, 5.74) is 5.22. The number of phenolic OH excluding ortho intramolecular Hbond substituents is 3. The zero-order chi connectivity index (χ0) is 78.6. The summed E-state index contributed by atoms with van der Waals surface area (Å²) in [7, 11) is 2.48. The van der Waals surface area contributed by atoms with Crippen LogP contribution in [0, 0.1) is 13.8 Å². The van der Waals surface area contributed by atoms with Crippen molar-refractivity contribution < 1.29 is 82.0 Å². The highest BCUT2D eigenvalue weighted by molar-refractivity contribution is 6.32. The minimum absolute atomic E-state index is 0.00272. The average Bonchev–Trinajstić information content (AvgIpc) is 0.776. The van der Waals surface area contributed by atoms with Gasteiger partial charge < -0.3 is 64.4 Å². The predicted molar refractivity (Wildman–Crippen MR) is 420 cm³/mol. The summed E-state index contributed by atoms with van der Waals surface area (Å²) in [5.74, 6) is -0.599. The van der Waals surface area contributed by atoms with Crippen LogP contribution in [0.25, 0.3) is 0 Å². The molecule has 5 aromatic rings. The average molecular weight is 1500 g/mol. The lowest BCUT2D eigenvalue weighted by Crippen LogP contribution is -2.42. The molecule has 1 atom stereocenters. The molecule has 0 spiro atoms. The molecule has 5 rings (SSSR count). The van der Waals surface area contributed by atoms with Crippen molar-refractivity contribution in [2.24, 2.45) is 0 Å². The Labute approximate surface area is 634 Å². The molecule has 1 unspecified atom stereocenters. The van der Waals surface area contributed by atoms with Crippen molar-refractivity contribution in [2.75, 3.05) is 68.3 Å². The topological polar surface area (TPSA) is 308 Å². The van der Waals surface area contributed by atoms with Crippen molar-refractivity contribution >= 4 is 76.5 Å². The van der Waals surface area contributed by atoms with E-state index in [2.05, 4.69) is 104 Å². The normalized spacial score (nSPS) is 11.2. The number of anilines is 4. The Kier molecular flexibility index (Phi) is 42.6. The third-order valence-corrected chi connectivity index (χ3v) is 18.5. The number of benzene rings is 5. The first kappa shape index (κ1) is 91.1. The van der Waals surface area contributed by atoms with E-state index in [1.165, 1.54) is 140 Å². The van der Waals surface area contributed by atoms with Gasteiger partial charge in [0.25, 0.3) is 5.91 Å². The lowest BCUT2D eigenvalue weighted by molar-refractivity contribution is -0.148. The standard InChI is InChI=1S/C38H65N3O8.C34H43ClN2O6.C10H13NO3/c1-4-7-9-11-13-15-17-19-21-23-27-47-35(43)30-41(31-36(44)48-28-24-22-20-18-16-14-12-10-8-5-2)38(46)49-32-25-26-34(42)33(29-32)40-37(45)39-6-3;1-9-28(43-29-17-12-21(33(4,5)10-2)18-25(29)34(6,7)11-3)31(39)36-22-13-15-23(16-14-22)42-24-19-26(35)30(38)27(20-24)37-32(40)41-8;1-6-4-8(11-10(13)14-3)9(12)5-7(6)2/h25-26,29,42H,4-24,27-28,30-31H2,1-3H3,(H2,39,40,45);12-20,28,38H,9-11H2,1-8H3,(H,36,39)(H,37,40);4-5,12H,1-3H3,(H,11,13). The molecule has 0 aliphatic heterocycles. The number of ether oxygens (including phenoxy) is 7. The molecule has 6 amide bonds. The molecular formula is C82H121ClN6O17. The van der Waals surface area contributed by atoms with Crippen molar-refractivity contribution in [3.63, 3.8) is 0 Å². The number of carbonyl (C=O) groups is 7. The summed E-state index contributed by atoms with van der Waals surface area (Å²) < 4.78 is 37.4. The minimum atomic E-state index is -0.971. The summed E-state index contributed by atoms with van der Waals surface area (Å²) in [4.78, 5) is 87.1. The molecule has 588 valence electrons. The van der Waals surface area contributed by atoms with E-state index in [1.54, 1.807) is 43.3 Å². The van der Waals surface area contributed by atoms with Crippen LogP contribution in [0.5, 0.6) is 40.2 Å². The second-order valence-corrected chi connectivity index (χ2v) is 27.9. The third kappa shape index (κ3) is 34.4. The van der Waals surface area contributed by atoms with E-state index in [4.69, 9.17) is 35.3 Å². The number of unbranched alkanes of at least 4 members (excludes halogenated alkanes) is 18. The van der Waals surface area contributed by atoms with Crippen LogP contribution in [0.3, 0.4) is 0 Å². The second kappa shape index (κ2) is 49.6. The maximum atomic E-state index is 13.3. The number of rotatable bonds is 42. The first-order valence-corrected chi connectivity index (χ1v) is 38.1. The number of nitrogens with zero attached hydrogens (tertiary/aromatic N) is 1. The van der Waals surface area contributed by atoms with Gasteiger partial charge >= 0.3 is 36.2 Å². The van der Waals surface area contributed by atoms with Crippen LogP contribution in [0.4, 0.5) is 41.9 Å². The molecule has 8 N–H and O–H groups in total.